The summed E-state index contributed by atoms with van der Waals surface area (Å²) in [5.41, 5.74) is 3.73. The monoisotopic (exact) mass is 262 g/mol. The predicted octanol–water partition coefficient (Wildman–Crippen LogP) is 4.19. The summed E-state index contributed by atoms with van der Waals surface area (Å²) in [5.74, 6) is 1.04. The average Bonchev–Trinajstić information content (AvgIpc) is 2.37. The molecule has 1 aliphatic heterocycles. The molecule has 0 amide bonds. The Morgan fingerprint density at radius 2 is 2.00 bits per heavy atom. The molecular formula is C17H26O2. The van der Waals surface area contributed by atoms with Crippen LogP contribution in [0.25, 0.3) is 0 Å². The number of hydrogen-bond donors (Lipinski definition) is 0. The fraction of sp³-hybridized carbons (Fsp3) is 0.647. The standard InChI is InChI=1S/C17H26O2/c1-7-12-10-13-15(19-9-8-16(13,2)3)14(11-12)17(4,5)18-6/h10-11H,7-9H2,1-6H3. The minimum absolute atomic E-state index is 0.178. The first kappa shape index (κ1) is 14.4. The fourth-order valence-electron chi connectivity index (χ4n) is 2.65. The SMILES string of the molecule is CCc1cc2c(c(C(C)(C)OC)c1)OCCC2(C)C. The Labute approximate surface area is 117 Å². The number of rotatable bonds is 3. The summed E-state index contributed by atoms with van der Waals surface area (Å²) in [6.45, 7) is 11.8. The molecule has 0 saturated carbocycles. The van der Waals surface area contributed by atoms with Crippen molar-refractivity contribution in [1.82, 2.24) is 0 Å². The average molecular weight is 262 g/mol. The molecule has 2 heteroatoms. The highest BCUT2D eigenvalue weighted by Gasteiger charge is 2.34. The Morgan fingerprint density at radius 3 is 2.58 bits per heavy atom. The van der Waals surface area contributed by atoms with Crippen LogP contribution in [0.4, 0.5) is 0 Å². The molecule has 0 spiro atoms. The maximum absolute atomic E-state index is 6.00. The quantitative estimate of drug-likeness (QED) is 0.813. The zero-order valence-corrected chi connectivity index (χ0v) is 13.1. The molecule has 106 valence electrons. The maximum atomic E-state index is 6.00. The largest absolute Gasteiger partial charge is 0.493 e. The van der Waals surface area contributed by atoms with Crippen LogP contribution in [0, 0.1) is 0 Å². The first-order valence-corrected chi connectivity index (χ1v) is 7.17. The van der Waals surface area contributed by atoms with Crippen LogP contribution >= 0.6 is 0 Å². The summed E-state index contributed by atoms with van der Waals surface area (Å²) < 4.78 is 11.7. The van der Waals surface area contributed by atoms with Crippen LogP contribution in [0.2, 0.25) is 0 Å². The molecule has 0 aromatic heterocycles. The van der Waals surface area contributed by atoms with Gasteiger partial charge in [0.25, 0.3) is 0 Å². The highest BCUT2D eigenvalue weighted by molar-refractivity contribution is 5.51. The molecule has 0 atom stereocenters. The molecule has 1 aliphatic rings. The zero-order chi connectivity index (χ0) is 14.3. The summed E-state index contributed by atoms with van der Waals surface area (Å²) >= 11 is 0. The van der Waals surface area contributed by atoms with Crippen molar-refractivity contribution in [2.45, 2.75) is 58.5 Å². The van der Waals surface area contributed by atoms with E-state index in [0.717, 1.165) is 25.2 Å². The number of fused-ring (bicyclic) bond motifs is 1. The van der Waals surface area contributed by atoms with E-state index < -0.39 is 0 Å². The Kier molecular flexibility index (Phi) is 3.65. The third-order valence-electron chi connectivity index (χ3n) is 4.42. The highest BCUT2D eigenvalue weighted by Crippen LogP contribution is 2.45. The normalized spacial score (nSPS) is 17.8. The maximum Gasteiger partial charge on any atom is 0.129 e. The second-order valence-electron chi connectivity index (χ2n) is 6.57. The highest BCUT2D eigenvalue weighted by atomic mass is 16.5. The van der Waals surface area contributed by atoms with Crippen LogP contribution < -0.4 is 4.74 Å². The van der Waals surface area contributed by atoms with E-state index in [9.17, 15) is 0 Å². The Balaban J connectivity index is 2.68. The third-order valence-corrected chi connectivity index (χ3v) is 4.42. The van der Waals surface area contributed by atoms with E-state index in [1.165, 1.54) is 16.7 Å². The molecule has 1 aromatic rings. The molecule has 0 fully saturated rings. The number of benzene rings is 1. The van der Waals surface area contributed by atoms with Crippen LogP contribution in [0.3, 0.4) is 0 Å². The van der Waals surface area contributed by atoms with Gasteiger partial charge >= 0.3 is 0 Å². The van der Waals surface area contributed by atoms with Gasteiger partial charge in [-0.25, -0.2) is 0 Å². The van der Waals surface area contributed by atoms with Crippen molar-refractivity contribution in [3.05, 3.63) is 28.8 Å². The van der Waals surface area contributed by atoms with E-state index in [1.54, 1.807) is 7.11 Å². The molecule has 19 heavy (non-hydrogen) atoms. The third kappa shape index (κ3) is 2.51. The molecule has 2 rings (SSSR count). The smallest absolute Gasteiger partial charge is 0.129 e. The molecule has 0 bridgehead atoms. The van der Waals surface area contributed by atoms with Crippen molar-refractivity contribution in [3.63, 3.8) is 0 Å². The van der Waals surface area contributed by atoms with Gasteiger partial charge in [0, 0.05) is 18.2 Å². The van der Waals surface area contributed by atoms with Gasteiger partial charge in [-0.3, -0.25) is 0 Å². The van der Waals surface area contributed by atoms with E-state index in [-0.39, 0.29) is 11.0 Å². The van der Waals surface area contributed by atoms with Crippen molar-refractivity contribution in [3.8, 4) is 5.75 Å². The molecule has 0 aliphatic carbocycles. The molecule has 0 radical (unpaired) electrons. The van der Waals surface area contributed by atoms with E-state index in [2.05, 4.69) is 46.8 Å². The number of ether oxygens (including phenoxy) is 2. The molecule has 0 saturated heterocycles. The molecule has 1 aromatic carbocycles. The van der Waals surface area contributed by atoms with Crippen LogP contribution in [0.5, 0.6) is 5.75 Å². The molecular weight excluding hydrogens is 236 g/mol. The molecule has 2 nitrogen and oxygen atoms in total. The number of methoxy groups -OCH3 is 1. The van der Waals surface area contributed by atoms with Crippen LogP contribution in [0.1, 0.15) is 57.7 Å². The Morgan fingerprint density at radius 1 is 1.32 bits per heavy atom. The summed E-state index contributed by atoms with van der Waals surface area (Å²) in [6.07, 6.45) is 2.11. The number of aryl methyl sites for hydroxylation is 1. The first-order chi connectivity index (χ1) is 8.81. The first-order valence-electron chi connectivity index (χ1n) is 7.17. The zero-order valence-electron chi connectivity index (χ0n) is 13.1. The van der Waals surface area contributed by atoms with Gasteiger partial charge in [-0.15, -0.1) is 0 Å². The van der Waals surface area contributed by atoms with E-state index in [4.69, 9.17) is 9.47 Å². The predicted molar refractivity (Wildman–Crippen MR) is 79.0 cm³/mol. The summed E-state index contributed by atoms with van der Waals surface area (Å²) in [5, 5.41) is 0. The van der Waals surface area contributed by atoms with Gasteiger partial charge in [-0.2, -0.15) is 0 Å². The van der Waals surface area contributed by atoms with Crippen molar-refractivity contribution in [1.29, 1.82) is 0 Å². The van der Waals surface area contributed by atoms with Crippen molar-refractivity contribution < 1.29 is 9.47 Å². The lowest BCUT2D eigenvalue weighted by atomic mass is 9.76. The van der Waals surface area contributed by atoms with Crippen molar-refractivity contribution in [2.24, 2.45) is 0 Å². The van der Waals surface area contributed by atoms with Gasteiger partial charge < -0.3 is 9.47 Å². The molecule has 0 unspecified atom stereocenters. The minimum atomic E-state index is -0.317. The van der Waals surface area contributed by atoms with Crippen LogP contribution in [-0.4, -0.2) is 13.7 Å². The lowest BCUT2D eigenvalue weighted by Gasteiger charge is -2.37. The van der Waals surface area contributed by atoms with Gasteiger partial charge in [0.15, 0.2) is 0 Å². The van der Waals surface area contributed by atoms with Crippen molar-refractivity contribution in [2.75, 3.05) is 13.7 Å². The van der Waals surface area contributed by atoms with Gasteiger partial charge in [-0.05, 0) is 43.7 Å². The lowest BCUT2D eigenvalue weighted by Crippen LogP contribution is -2.30. The minimum Gasteiger partial charge on any atom is -0.493 e. The lowest BCUT2D eigenvalue weighted by molar-refractivity contribution is 0.0158. The van der Waals surface area contributed by atoms with Gasteiger partial charge in [0.05, 0.1) is 12.2 Å². The summed E-state index contributed by atoms with van der Waals surface area (Å²) in [4.78, 5) is 0. The summed E-state index contributed by atoms with van der Waals surface area (Å²) in [7, 11) is 1.76. The molecule has 0 N–H and O–H groups in total. The fourth-order valence-corrected chi connectivity index (χ4v) is 2.65. The van der Waals surface area contributed by atoms with E-state index in [0.29, 0.717) is 0 Å². The Bertz CT molecular complexity index is 472. The topological polar surface area (TPSA) is 18.5 Å². The van der Waals surface area contributed by atoms with Gasteiger partial charge in [0.2, 0.25) is 0 Å². The van der Waals surface area contributed by atoms with Crippen LogP contribution in [0.15, 0.2) is 12.1 Å². The van der Waals surface area contributed by atoms with Crippen molar-refractivity contribution >= 4 is 0 Å². The van der Waals surface area contributed by atoms with Gasteiger partial charge in [0.1, 0.15) is 5.75 Å². The summed E-state index contributed by atoms with van der Waals surface area (Å²) in [6, 6.07) is 4.55. The van der Waals surface area contributed by atoms with E-state index >= 15 is 0 Å². The second kappa shape index (κ2) is 4.82. The van der Waals surface area contributed by atoms with Gasteiger partial charge in [-0.1, -0.05) is 26.8 Å². The Hall–Kier alpha value is -1.02. The second-order valence-corrected chi connectivity index (χ2v) is 6.57. The van der Waals surface area contributed by atoms with E-state index in [1.807, 2.05) is 0 Å². The molecule has 1 heterocycles. The number of hydrogen-bond acceptors (Lipinski definition) is 2. The van der Waals surface area contributed by atoms with Crippen LogP contribution in [-0.2, 0) is 22.2 Å².